The van der Waals surface area contributed by atoms with Crippen molar-refractivity contribution in [1.29, 1.82) is 0 Å². The molecule has 2 aromatic heterocycles. The van der Waals surface area contributed by atoms with Gasteiger partial charge >= 0.3 is 6.03 Å². The van der Waals surface area contributed by atoms with E-state index in [4.69, 9.17) is 4.74 Å². The number of aromatic nitrogens is 2. The number of nitrogens with one attached hydrogen (secondary N) is 2. The summed E-state index contributed by atoms with van der Waals surface area (Å²) in [6, 6.07) is 11.8. The fourth-order valence-corrected chi connectivity index (χ4v) is 2.99. The first-order valence-corrected chi connectivity index (χ1v) is 9.19. The molecule has 3 rings (SSSR count). The summed E-state index contributed by atoms with van der Waals surface area (Å²) in [5.41, 5.74) is 5.08. The van der Waals surface area contributed by atoms with Gasteiger partial charge in [0.25, 0.3) is 0 Å². The molecule has 0 bridgehead atoms. The Labute approximate surface area is 159 Å². The van der Waals surface area contributed by atoms with E-state index in [-0.39, 0.29) is 6.03 Å². The number of ether oxygens (including phenoxy) is 1. The first-order chi connectivity index (χ1) is 13.0. The number of rotatable bonds is 7. The summed E-state index contributed by atoms with van der Waals surface area (Å²) in [6.07, 6.45) is 2.69. The predicted octanol–water partition coefficient (Wildman–Crippen LogP) is 3.53. The van der Waals surface area contributed by atoms with Crippen molar-refractivity contribution in [2.24, 2.45) is 0 Å². The quantitative estimate of drug-likeness (QED) is 0.629. The topological polar surface area (TPSA) is 67.7 Å². The lowest BCUT2D eigenvalue weighted by Crippen LogP contribution is -2.36. The summed E-state index contributed by atoms with van der Waals surface area (Å²) in [5.74, 6) is 0.934. The van der Waals surface area contributed by atoms with Crippen LogP contribution in [0.4, 0.5) is 4.79 Å². The SMILES string of the molecule is Cc1cccc(C)c1OCCCNC(=O)NCc1cn2c(C)cccc2n1. The molecule has 0 atom stereocenters. The number of fused-ring (bicyclic) bond motifs is 1. The molecule has 0 fully saturated rings. The van der Waals surface area contributed by atoms with Crippen molar-refractivity contribution < 1.29 is 9.53 Å². The molecule has 0 aliphatic rings. The van der Waals surface area contributed by atoms with Crippen molar-refractivity contribution in [2.75, 3.05) is 13.2 Å². The van der Waals surface area contributed by atoms with Crippen LogP contribution in [0.25, 0.3) is 5.65 Å². The molecule has 2 heterocycles. The second kappa shape index (κ2) is 8.58. The van der Waals surface area contributed by atoms with Gasteiger partial charge in [0.15, 0.2) is 0 Å². The van der Waals surface area contributed by atoms with Gasteiger partial charge in [-0.2, -0.15) is 0 Å². The summed E-state index contributed by atoms with van der Waals surface area (Å²) in [5, 5.41) is 5.69. The monoisotopic (exact) mass is 366 g/mol. The van der Waals surface area contributed by atoms with Crippen molar-refractivity contribution in [2.45, 2.75) is 33.7 Å². The maximum Gasteiger partial charge on any atom is 0.315 e. The molecule has 0 aliphatic carbocycles. The third-order valence-corrected chi connectivity index (χ3v) is 4.44. The Morgan fingerprint density at radius 1 is 1.07 bits per heavy atom. The first-order valence-electron chi connectivity index (χ1n) is 9.19. The Morgan fingerprint density at radius 2 is 1.81 bits per heavy atom. The van der Waals surface area contributed by atoms with E-state index in [9.17, 15) is 4.79 Å². The third kappa shape index (κ3) is 4.78. The lowest BCUT2D eigenvalue weighted by atomic mass is 10.1. The molecular formula is C21H26N4O2. The Morgan fingerprint density at radius 3 is 2.56 bits per heavy atom. The number of carbonyl (C=O) groups excluding carboxylic acids is 1. The number of pyridine rings is 1. The van der Waals surface area contributed by atoms with E-state index in [1.807, 2.05) is 67.8 Å². The molecule has 0 saturated carbocycles. The van der Waals surface area contributed by atoms with E-state index in [1.54, 1.807) is 0 Å². The smallest absolute Gasteiger partial charge is 0.315 e. The zero-order valence-corrected chi connectivity index (χ0v) is 16.1. The number of imidazole rings is 1. The number of hydrogen-bond donors (Lipinski definition) is 2. The van der Waals surface area contributed by atoms with Gasteiger partial charge in [-0.15, -0.1) is 0 Å². The molecule has 0 saturated heterocycles. The predicted molar refractivity (Wildman–Crippen MR) is 106 cm³/mol. The molecule has 0 unspecified atom stereocenters. The fourth-order valence-electron chi connectivity index (χ4n) is 2.99. The molecule has 1 aromatic carbocycles. The minimum Gasteiger partial charge on any atom is -0.493 e. The van der Waals surface area contributed by atoms with Gasteiger partial charge in [-0.25, -0.2) is 9.78 Å². The highest BCUT2D eigenvalue weighted by Crippen LogP contribution is 2.22. The van der Waals surface area contributed by atoms with Crippen molar-refractivity contribution in [1.82, 2.24) is 20.0 Å². The van der Waals surface area contributed by atoms with Gasteiger partial charge in [0.1, 0.15) is 11.4 Å². The highest BCUT2D eigenvalue weighted by Gasteiger charge is 2.06. The van der Waals surface area contributed by atoms with Crippen LogP contribution in [0.15, 0.2) is 42.6 Å². The van der Waals surface area contributed by atoms with Gasteiger partial charge < -0.3 is 19.8 Å². The molecule has 3 aromatic rings. The number of hydrogen-bond acceptors (Lipinski definition) is 3. The zero-order chi connectivity index (χ0) is 19.2. The van der Waals surface area contributed by atoms with Crippen molar-refractivity contribution in [3.8, 4) is 5.75 Å². The van der Waals surface area contributed by atoms with Gasteiger partial charge in [0, 0.05) is 18.4 Å². The zero-order valence-electron chi connectivity index (χ0n) is 16.1. The van der Waals surface area contributed by atoms with Crippen LogP contribution in [0.3, 0.4) is 0 Å². The van der Waals surface area contributed by atoms with E-state index in [0.717, 1.165) is 40.3 Å². The van der Waals surface area contributed by atoms with Crippen LogP contribution in [0, 0.1) is 20.8 Å². The number of amides is 2. The van der Waals surface area contributed by atoms with Crippen LogP contribution < -0.4 is 15.4 Å². The number of urea groups is 1. The van der Waals surface area contributed by atoms with Gasteiger partial charge in [0.05, 0.1) is 18.8 Å². The molecule has 142 valence electrons. The van der Waals surface area contributed by atoms with Crippen molar-refractivity contribution >= 4 is 11.7 Å². The summed E-state index contributed by atoms with van der Waals surface area (Å²) in [6.45, 7) is 7.62. The van der Waals surface area contributed by atoms with E-state index in [2.05, 4.69) is 15.6 Å². The number of nitrogens with zero attached hydrogens (tertiary/aromatic N) is 2. The second-order valence-electron chi connectivity index (χ2n) is 6.66. The highest BCUT2D eigenvalue weighted by atomic mass is 16.5. The molecule has 6 nitrogen and oxygen atoms in total. The first kappa shape index (κ1) is 18.8. The maximum absolute atomic E-state index is 11.9. The minimum absolute atomic E-state index is 0.198. The Balaban J connectivity index is 1.38. The largest absolute Gasteiger partial charge is 0.493 e. The number of benzene rings is 1. The van der Waals surface area contributed by atoms with Gasteiger partial charge in [-0.05, 0) is 50.5 Å². The Kier molecular flexibility index (Phi) is 5.96. The van der Waals surface area contributed by atoms with E-state index in [1.165, 1.54) is 0 Å². The fraction of sp³-hybridized carbons (Fsp3) is 0.333. The molecule has 0 radical (unpaired) electrons. The standard InChI is InChI=1S/C21H26N4O2/c1-15-7-4-8-16(2)20(15)27-12-6-11-22-21(26)23-13-18-14-25-17(3)9-5-10-19(25)24-18/h4-5,7-10,14H,6,11-13H2,1-3H3,(H2,22,23,26). The number of carbonyl (C=O) groups is 1. The molecular weight excluding hydrogens is 340 g/mol. The van der Waals surface area contributed by atoms with Crippen LogP contribution in [0.2, 0.25) is 0 Å². The van der Waals surface area contributed by atoms with E-state index >= 15 is 0 Å². The van der Waals surface area contributed by atoms with E-state index in [0.29, 0.717) is 19.7 Å². The summed E-state index contributed by atoms with van der Waals surface area (Å²) in [4.78, 5) is 16.4. The van der Waals surface area contributed by atoms with Crippen LogP contribution >= 0.6 is 0 Å². The maximum atomic E-state index is 11.9. The van der Waals surface area contributed by atoms with E-state index < -0.39 is 0 Å². The molecule has 6 heteroatoms. The van der Waals surface area contributed by atoms with Crippen molar-refractivity contribution in [3.63, 3.8) is 0 Å². The molecule has 0 aliphatic heterocycles. The normalized spacial score (nSPS) is 10.8. The number of para-hydroxylation sites is 1. The molecule has 0 spiro atoms. The average Bonchev–Trinajstić information content (AvgIpc) is 3.06. The van der Waals surface area contributed by atoms with Gasteiger partial charge in [-0.1, -0.05) is 24.3 Å². The summed E-state index contributed by atoms with van der Waals surface area (Å²) < 4.78 is 7.85. The molecule has 2 N–H and O–H groups in total. The number of aryl methyl sites for hydroxylation is 3. The van der Waals surface area contributed by atoms with Crippen LogP contribution in [0.1, 0.15) is 28.9 Å². The minimum atomic E-state index is -0.198. The lowest BCUT2D eigenvalue weighted by molar-refractivity contribution is 0.238. The summed E-state index contributed by atoms with van der Waals surface area (Å²) >= 11 is 0. The molecule has 2 amide bonds. The van der Waals surface area contributed by atoms with Crippen LogP contribution in [0.5, 0.6) is 5.75 Å². The highest BCUT2D eigenvalue weighted by molar-refractivity contribution is 5.73. The van der Waals surface area contributed by atoms with Gasteiger partial charge in [-0.3, -0.25) is 0 Å². The summed E-state index contributed by atoms with van der Waals surface area (Å²) in [7, 11) is 0. The van der Waals surface area contributed by atoms with Crippen LogP contribution in [-0.4, -0.2) is 28.6 Å². The molecule has 27 heavy (non-hydrogen) atoms. The third-order valence-electron chi connectivity index (χ3n) is 4.44. The van der Waals surface area contributed by atoms with Crippen molar-refractivity contribution in [3.05, 3.63) is 65.1 Å². The Bertz CT molecular complexity index is 913. The van der Waals surface area contributed by atoms with Crippen LogP contribution in [-0.2, 0) is 6.54 Å². The lowest BCUT2D eigenvalue weighted by Gasteiger charge is -2.12. The van der Waals surface area contributed by atoms with Gasteiger partial charge in [0.2, 0.25) is 0 Å². The average molecular weight is 366 g/mol. The second-order valence-corrected chi connectivity index (χ2v) is 6.66. The Hall–Kier alpha value is -3.02.